The minimum atomic E-state index is 0.496. The van der Waals surface area contributed by atoms with E-state index in [9.17, 15) is 0 Å². The predicted octanol–water partition coefficient (Wildman–Crippen LogP) is 2.50. The molecule has 0 radical (unpaired) electrons. The molecule has 0 aliphatic heterocycles. The van der Waals surface area contributed by atoms with Crippen molar-refractivity contribution in [1.82, 2.24) is 4.98 Å². The van der Waals surface area contributed by atoms with Crippen LogP contribution in [0, 0.1) is 0 Å². The van der Waals surface area contributed by atoms with Crippen molar-refractivity contribution >= 4 is 15.0 Å². The van der Waals surface area contributed by atoms with Crippen LogP contribution in [0.5, 0.6) is 0 Å². The van der Waals surface area contributed by atoms with Gasteiger partial charge in [0.15, 0.2) is 0 Å². The van der Waals surface area contributed by atoms with E-state index in [1.54, 1.807) is 0 Å². The van der Waals surface area contributed by atoms with E-state index < -0.39 is 0 Å². The second-order valence-electron chi connectivity index (χ2n) is 3.76. The molecule has 0 aromatic carbocycles. The van der Waals surface area contributed by atoms with Gasteiger partial charge in [-0.05, 0) is 0 Å². The predicted molar refractivity (Wildman–Crippen MR) is 53.4 cm³/mol. The second-order valence-corrected chi connectivity index (χ2v) is 7.54. The number of hydrogen-bond acceptors (Lipinski definition) is 1. The molecule has 66 valence electrons. The first kappa shape index (κ1) is 9.76. The Kier molecular flexibility index (Phi) is 3.30. The van der Waals surface area contributed by atoms with Crippen LogP contribution < -0.4 is 0 Å². The molecule has 1 aromatic heterocycles. The Labute approximate surface area is 80.8 Å². The first-order valence-corrected chi connectivity index (χ1v) is 6.17. The van der Waals surface area contributed by atoms with E-state index in [1.807, 2.05) is 12.4 Å². The van der Waals surface area contributed by atoms with Gasteiger partial charge in [-0.3, -0.25) is 0 Å². The van der Waals surface area contributed by atoms with Gasteiger partial charge in [-0.15, -0.1) is 0 Å². The van der Waals surface area contributed by atoms with E-state index >= 15 is 0 Å². The molecule has 0 aliphatic rings. The molecule has 0 saturated carbocycles. The molecule has 0 fully saturated rings. The van der Waals surface area contributed by atoms with Gasteiger partial charge in [0.2, 0.25) is 0 Å². The summed E-state index contributed by atoms with van der Waals surface area (Å²) in [6, 6.07) is 4.21. The van der Waals surface area contributed by atoms with Gasteiger partial charge in [-0.1, -0.05) is 0 Å². The van der Waals surface area contributed by atoms with E-state index in [2.05, 4.69) is 37.9 Å². The molecule has 2 heteroatoms. The molecule has 0 N–H and O–H groups in total. The molecule has 0 atom stereocenters. The number of hydrogen-bond donors (Lipinski definition) is 0. The van der Waals surface area contributed by atoms with Gasteiger partial charge >= 0.3 is 80.4 Å². The summed E-state index contributed by atoms with van der Waals surface area (Å²) in [5.74, 6) is 0. The molecule has 1 rings (SSSR count). The van der Waals surface area contributed by atoms with Crippen LogP contribution in [-0.4, -0.2) is 19.9 Å². The van der Waals surface area contributed by atoms with Crippen molar-refractivity contribution in [3.8, 4) is 0 Å². The molecule has 0 amide bonds. The molecular formula is C10H15NSe. The first-order valence-electron chi connectivity index (χ1n) is 4.11. The van der Waals surface area contributed by atoms with Crippen molar-refractivity contribution in [3.63, 3.8) is 0 Å². The van der Waals surface area contributed by atoms with Gasteiger partial charge in [-0.25, -0.2) is 0 Å². The summed E-state index contributed by atoms with van der Waals surface area (Å²) in [6.07, 6.45) is 3.74. The topological polar surface area (TPSA) is 12.9 Å². The third kappa shape index (κ3) is 3.89. The molecular weight excluding hydrogens is 213 g/mol. The maximum atomic E-state index is 4.00. The summed E-state index contributed by atoms with van der Waals surface area (Å²) in [7, 11) is 0. The Morgan fingerprint density at radius 2 is 1.83 bits per heavy atom. The fraction of sp³-hybridized carbons (Fsp3) is 0.500. The summed E-state index contributed by atoms with van der Waals surface area (Å²) in [6.45, 7) is 6.90. The van der Waals surface area contributed by atoms with Crippen LogP contribution >= 0.6 is 0 Å². The van der Waals surface area contributed by atoms with E-state index in [1.165, 1.54) is 10.9 Å². The average molecular weight is 228 g/mol. The third-order valence-corrected chi connectivity index (χ3v) is 4.24. The number of nitrogens with zero attached hydrogens (tertiary/aromatic N) is 1. The van der Waals surface area contributed by atoms with Crippen LogP contribution in [0.3, 0.4) is 0 Å². The van der Waals surface area contributed by atoms with Gasteiger partial charge in [0.05, 0.1) is 0 Å². The average Bonchev–Trinajstić information content (AvgIpc) is 2.02. The van der Waals surface area contributed by atoms with E-state index in [4.69, 9.17) is 0 Å². The summed E-state index contributed by atoms with van der Waals surface area (Å²) in [5.41, 5.74) is 1.42. The van der Waals surface area contributed by atoms with Gasteiger partial charge in [-0.2, -0.15) is 0 Å². The Morgan fingerprint density at radius 1 is 1.25 bits per heavy atom. The van der Waals surface area contributed by atoms with Gasteiger partial charge in [0.1, 0.15) is 0 Å². The fourth-order valence-corrected chi connectivity index (χ4v) is 2.44. The van der Waals surface area contributed by atoms with Crippen LogP contribution in [-0.2, 0) is 5.32 Å². The third-order valence-electron chi connectivity index (χ3n) is 1.42. The van der Waals surface area contributed by atoms with Gasteiger partial charge in [0.25, 0.3) is 0 Å². The van der Waals surface area contributed by atoms with Crippen molar-refractivity contribution in [2.75, 3.05) is 0 Å². The number of aromatic nitrogens is 1. The molecule has 1 heterocycles. The zero-order valence-corrected chi connectivity index (χ0v) is 9.59. The van der Waals surface area contributed by atoms with Crippen LogP contribution in [0.25, 0.3) is 0 Å². The number of rotatable bonds is 2. The minimum absolute atomic E-state index is 0.496. The normalized spacial score (nSPS) is 11.6. The Bertz CT molecular complexity index is 225. The zero-order chi connectivity index (χ0) is 9.03. The van der Waals surface area contributed by atoms with E-state index in [0.29, 0.717) is 19.3 Å². The molecule has 1 nitrogen and oxygen atoms in total. The summed E-state index contributed by atoms with van der Waals surface area (Å²) < 4.78 is 0.496. The summed E-state index contributed by atoms with van der Waals surface area (Å²) in [4.78, 5) is 4.00. The Morgan fingerprint density at radius 3 is 2.33 bits per heavy atom. The van der Waals surface area contributed by atoms with Crippen molar-refractivity contribution in [2.45, 2.75) is 30.4 Å². The van der Waals surface area contributed by atoms with Crippen molar-refractivity contribution in [3.05, 3.63) is 30.1 Å². The van der Waals surface area contributed by atoms with Crippen LogP contribution in [0.1, 0.15) is 26.3 Å². The fourth-order valence-electron chi connectivity index (χ4n) is 0.779. The molecule has 0 unspecified atom stereocenters. The summed E-state index contributed by atoms with van der Waals surface area (Å²) in [5, 5.41) is 1.22. The molecule has 0 bridgehead atoms. The Balaban J connectivity index is 2.44. The second kappa shape index (κ2) is 4.06. The molecule has 1 aromatic rings. The van der Waals surface area contributed by atoms with Crippen molar-refractivity contribution in [1.29, 1.82) is 0 Å². The molecule has 12 heavy (non-hydrogen) atoms. The number of pyridine rings is 1. The van der Waals surface area contributed by atoms with Crippen molar-refractivity contribution in [2.24, 2.45) is 0 Å². The van der Waals surface area contributed by atoms with Gasteiger partial charge < -0.3 is 0 Å². The first-order chi connectivity index (χ1) is 5.58. The maximum absolute atomic E-state index is 4.00. The van der Waals surface area contributed by atoms with E-state index in [-0.39, 0.29) is 0 Å². The Hall–Kier alpha value is -0.331. The SMILES string of the molecule is CC(C)(C)[Se]Cc1ccncc1. The van der Waals surface area contributed by atoms with Gasteiger partial charge in [0, 0.05) is 0 Å². The summed E-state index contributed by atoms with van der Waals surface area (Å²) >= 11 is 0.689. The van der Waals surface area contributed by atoms with E-state index in [0.717, 1.165) is 0 Å². The monoisotopic (exact) mass is 229 g/mol. The quantitative estimate of drug-likeness (QED) is 0.709. The molecule has 0 aliphatic carbocycles. The van der Waals surface area contributed by atoms with Crippen LogP contribution in [0.2, 0.25) is 4.31 Å². The molecule has 0 saturated heterocycles. The van der Waals surface area contributed by atoms with Crippen LogP contribution in [0.15, 0.2) is 24.5 Å². The van der Waals surface area contributed by atoms with Crippen LogP contribution in [0.4, 0.5) is 0 Å². The molecule has 0 spiro atoms. The standard InChI is InChI=1S/C10H15NSe/c1-10(2,3)12-8-9-4-6-11-7-5-9/h4-7H,8H2,1-3H3. The zero-order valence-electron chi connectivity index (χ0n) is 7.87. The van der Waals surface area contributed by atoms with Crippen molar-refractivity contribution < 1.29 is 0 Å².